The quantitative estimate of drug-likeness (QED) is 0.681. The van der Waals surface area contributed by atoms with Crippen LogP contribution in [0.1, 0.15) is 23.7 Å². The molecular formula is C13H14F2N2O4. The van der Waals surface area contributed by atoms with E-state index in [-0.39, 0.29) is 18.6 Å². The molecule has 1 saturated heterocycles. The molecule has 2 rings (SSSR count). The van der Waals surface area contributed by atoms with Gasteiger partial charge in [0.1, 0.15) is 5.56 Å². The van der Waals surface area contributed by atoms with Gasteiger partial charge in [-0.15, -0.1) is 0 Å². The molecule has 21 heavy (non-hydrogen) atoms. The normalized spacial score (nSPS) is 21.3. The van der Waals surface area contributed by atoms with Gasteiger partial charge >= 0.3 is 0 Å². The molecule has 2 atom stereocenters. The Bertz CT molecular complexity index is 580. The Morgan fingerprint density at radius 2 is 2.14 bits per heavy atom. The maximum atomic E-state index is 13.2. The second kappa shape index (κ2) is 6.13. The van der Waals surface area contributed by atoms with Crippen molar-refractivity contribution in [3.05, 3.63) is 39.4 Å². The number of carbonyl (C=O) groups is 1. The van der Waals surface area contributed by atoms with Crippen LogP contribution < -0.4 is 5.32 Å². The molecule has 0 aliphatic carbocycles. The third-order valence-corrected chi connectivity index (χ3v) is 3.54. The first-order valence-corrected chi connectivity index (χ1v) is 6.43. The molecule has 0 bridgehead atoms. The van der Waals surface area contributed by atoms with E-state index in [1.807, 2.05) is 6.92 Å². The van der Waals surface area contributed by atoms with E-state index in [2.05, 4.69) is 5.32 Å². The maximum Gasteiger partial charge on any atom is 0.285 e. The summed E-state index contributed by atoms with van der Waals surface area (Å²) in [7, 11) is 0. The van der Waals surface area contributed by atoms with Crippen LogP contribution in [-0.4, -0.2) is 30.1 Å². The summed E-state index contributed by atoms with van der Waals surface area (Å²) >= 11 is 0. The van der Waals surface area contributed by atoms with E-state index < -0.39 is 33.7 Å². The summed E-state index contributed by atoms with van der Waals surface area (Å²) in [5.74, 6) is -3.38. The Labute approximate surface area is 119 Å². The molecule has 1 heterocycles. The van der Waals surface area contributed by atoms with Crippen molar-refractivity contribution in [1.82, 2.24) is 5.32 Å². The first kappa shape index (κ1) is 15.3. The maximum absolute atomic E-state index is 13.2. The zero-order valence-electron chi connectivity index (χ0n) is 11.3. The van der Waals surface area contributed by atoms with Crippen molar-refractivity contribution in [2.45, 2.75) is 19.4 Å². The largest absolute Gasteiger partial charge is 0.378 e. The molecule has 114 valence electrons. The molecule has 6 nitrogen and oxygen atoms in total. The Balaban J connectivity index is 2.14. The Morgan fingerprint density at radius 3 is 2.71 bits per heavy atom. The van der Waals surface area contributed by atoms with Gasteiger partial charge in [0.2, 0.25) is 0 Å². The molecule has 0 radical (unpaired) electrons. The van der Waals surface area contributed by atoms with E-state index in [1.165, 1.54) is 0 Å². The van der Waals surface area contributed by atoms with Crippen LogP contribution in [0.25, 0.3) is 0 Å². The zero-order valence-corrected chi connectivity index (χ0v) is 11.3. The summed E-state index contributed by atoms with van der Waals surface area (Å²) in [5.41, 5.74) is -1.26. The topological polar surface area (TPSA) is 81.5 Å². The van der Waals surface area contributed by atoms with Crippen molar-refractivity contribution in [3.63, 3.8) is 0 Å². The molecule has 1 aromatic rings. The molecule has 1 amide bonds. The molecule has 1 aliphatic rings. The average Bonchev–Trinajstić information content (AvgIpc) is 2.84. The van der Waals surface area contributed by atoms with Gasteiger partial charge in [0.25, 0.3) is 11.6 Å². The molecule has 1 aliphatic heterocycles. The monoisotopic (exact) mass is 300 g/mol. The lowest BCUT2D eigenvalue weighted by atomic mass is 10.0. The van der Waals surface area contributed by atoms with E-state index in [9.17, 15) is 23.7 Å². The van der Waals surface area contributed by atoms with Gasteiger partial charge in [0.05, 0.1) is 17.1 Å². The van der Waals surface area contributed by atoms with Gasteiger partial charge in [-0.05, 0) is 19.4 Å². The van der Waals surface area contributed by atoms with Crippen LogP contribution in [0.4, 0.5) is 14.5 Å². The summed E-state index contributed by atoms with van der Waals surface area (Å²) in [6.07, 6.45) is 0.742. The van der Waals surface area contributed by atoms with Crippen LogP contribution in [-0.2, 0) is 4.74 Å². The fourth-order valence-corrected chi connectivity index (χ4v) is 2.23. The van der Waals surface area contributed by atoms with Gasteiger partial charge in [-0.3, -0.25) is 14.9 Å². The highest BCUT2D eigenvalue weighted by Crippen LogP contribution is 2.23. The lowest BCUT2D eigenvalue weighted by Crippen LogP contribution is -2.32. The van der Waals surface area contributed by atoms with E-state index in [4.69, 9.17) is 4.74 Å². The highest BCUT2D eigenvalue weighted by molar-refractivity contribution is 5.98. The molecule has 1 N–H and O–H groups in total. The predicted octanol–water partition coefficient (Wildman–Crippen LogP) is 2.03. The van der Waals surface area contributed by atoms with Gasteiger partial charge < -0.3 is 10.1 Å². The SMILES string of the molecule is CC1OCCC1CNC(=O)c1cc(F)c(F)cc1[N+](=O)[O-]. The number of hydrogen-bond acceptors (Lipinski definition) is 4. The molecule has 0 spiro atoms. The third-order valence-electron chi connectivity index (χ3n) is 3.54. The Morgan fingerprint density at radius 1 is 1.48 bits per heavy atom. The Hall–Kier alpha value is -2.09. The highest BCUT2D eigenvalue weighted by atomic mass is 19.2. The Kier molecular flexibility index (Phi) is 4.46. The number of halogens is 2. The van der Waals surface area contributed by atoms with Crippen LogP contribution >= 0.6 is 0 Å². The van der Waals surface area contributed by atoms with Crippen LogP contribution in [0.3, 0.4) is 0 Å². The van der Waals surface area contributed by atoms with Crippen LogP contribution in [0.5, 0.6) is 0 Å². The molecule has 8 heteroatoms. The molecule has 0 aromatic heterocycles. The fourth-order valence-electron chi connectivity index (χ4n) is 2.23. The third kappa shape index (κ3) is 3.33. The number of nitrogens with zero attached hydrogens (tertiary/aromatic N) is 1. The minimum Gasteiger partial charge on any atom is -0.378 e. The number of rotatable bonds is 4. The van der Waals surface area contributed by atoms with Crippen LogP contribution in [0.2, 0.25) is 0 Å². The van der Waals surface area contributed by atoms with Gasteiger partial charge in [-0.25, -0.2) is 8.78 Å². The standard InChI is InChI=1S/C13H14F2N2O4/c1-7-8(2-3-21-7)6-16-13(18)9-4-10(14)11(15)5-12(9)17(19)20/h4-5,7-8H,2-3,6H2,1H3,(H,16,18). The number of hydrogen-bond donors (Lipinski definition) is 1. The minimum absolute atomic E-state index is 0.0229. The summed E-state index contributed by atoms with van der Waals surface area (Å²) in [6, 6.07) is 0.947. The number of nitrogens with one attached hydrogen (secondary N) is 1. The average molecular weight is 300 g/mol. The summed E-state index contributed by atoms with van der Waals surface area (Å²) in [6.45, 7) is 2.72. The number of carbonyl (C=O) groups excluding carboxylic acids is 1. The van der Waals surface area contributed by atoms with Crippen LogP contribution in [0.15, 0.2) is 12.1 Å². The smallest absolute Gasteiger partial charge is 0.285 e. The zero-order chi connectivity index (χ0) is 15.6. The lowest BCUT2D eigenvalue weighted by molar-refractivity contribution is -0.385. The first-order chi connectivity index (χ1) is 9.90. The van der Waals surface area contributed by atoms with E-state index in [1.54, 1.807) is 0 Å². The minimum atomic E-state index is -1.36. The number of ether oxygens (including phenoxy) is 1. The molecule has 2 unspecified atom stereocenters. The fraction of sp³-hybridized carbons (Fsp3) is 0.462. The van der Waals surface area contributed by atoms with E-state index in [0.717, 1.165) is 6.42 Å². The van der Waals surface area contributed by atoms with Gasteiger partial charge in [0.15, 0.2) is 11.6 Å². The van der Waals surface area contributed by atoms with Crippen molar-refractivity contribution in [3.8, 4) is 0 Å². The van der Waals surface area contributed by atoms with Crippen molar-refractivity contribution in [1.29, 1.82) is 0 Å². The predicted molar refractivity (Wildman–Crippen MR) is 68.9 cm³/mol. The van der Waals surface area contributed by atoms with E-state index >= 15 is 0 Å². The molecule has 1 fully saturated rings. The van der Waals surface area contributed by atoms with Crippen molar-refractivity contribution in [2.75, 3.05) is 13.2 Å². The van der Waals surface area contributed by atoms with Crippen molar-refractivity contribution < 1.29 is 23.2 Å². The number of nitro benzene ring substituents is 1. The lowest BCUT2D eigenvalue weighted by Gasteiger charge is -2.14. The van der Waals surface area contributed by atoms with Crippen molar-refractivity contribution >= 4 is 11.6 Å². The second-order valence-corrected chi connectivity index (χ2v) is 4.88. The summed E-state index contributed by atoms with van der Waals surface area (Å²) in [5, 5.41) is 13.3. The highest BCUT2D eigenvalue weighted by Gasteiger charge is 2.27. The molecule has 0 saturated carbocycles. The number of benzene rings is 1. The van der Waals surface area contributed by atoms with Crippen LogP contribution in [0, 0.1) is 27.7 Å². The molecule has 1 aromatic carbocycles. The van der Waals surface area contributed by atoms with Gasteiger partial charge in [0, 0.05) is 19.1 Å². The summed E-state index contributed by atoms with van der Waals surface area (Å²) in [4.78, 5) is 21.9. The number of nitro groups is 1. The summed E-state index contributed by atoms with van der Waals surface area (Å²) < 4.78 is 31.6. The second-order valence-electron chi connectivity index (χ2n) is 4.88. The first-order valence-electron chi connectivity index (χ1n) is 6.43. The van der Waals surface area contributed by atoms with Gasteiger partial charge in [-0.1, -0.05) is 0 Å². The van der Waals surface area contributed by atoms with Crippen molar-refractivity contribution in [2.24, 2.45) is 5.92 Å². The number of amides is 1. The van der Waals surface area contributed by atoms with Gasteiger partial charge in [-0.2, -0.15) is 0 Å². The molecular weight excluding hydrogens is 286 g/mol. The van der Waals surface area contributed by atoms with E-state index in [0.29, 0.717) is 18.7 Å².